The summed E-state index contributed by atoms with van der Waals surface area (Å²) in [6.07, 6.45) is 2.42. The maximum absolute atomic E-state index is 11.6. The zero-order valence-corrected chi connectivity index (χ0v) is 9.23. The van der Waals surface area contributed by atoms with Gasteiger partial charge in [0.25, 0.3) is 5.91 Å². The number of amides is 1. The van der Waals surface area contributed by atoms with Crippen LogP contribution in [0.3, 0.4) is 0 Å². The summed E-state index contributed by atoms with van der Waals surface area (Å²) in [5.74, 6) is 0.0684. The molecule has 1 aromatic rings. The fraction of sp³-hybridized carbons (Fsp3) is 0.364. The van der Waals surface area contributed by atoms with E-state index in [0.717, 1.165) is 16.6 Å². The third-order valence-corrected chi connectivity index (χ3v) is 3.73. The lowest BCUT2D eigenvalue weighted by atomic mass is 9.88. The molecule has 0 saturated heterocycles. The quantitative estimate of drug-likeness (QED) is 0.753. The topological polar surface area (TPSA) is 29.1 Å². The molecule has 72 valence electrons. The Labute approximate surface area is 90.8 Å². The highest BCUT2D eigenvalue weighted by Gasteiger charge is 2.48. The minimum absolute atomic E-state index is 0.0684. The summed E-state index contributed by atoms with van der Waals surface area (Å²) in [5, 5.41) is 2.96. The van der Waals surface area contributed by atoms with Gasteiger partial charge in [0, 0.05) is 22.0 Å². The smallest absolute Gasteiger partial charge is 0.251 e. The number of hydrogen-bond donors (Lipinski definition) is 1. The molecule has 3 rings (SSSR count). The zero-order chi connectivity index (χ0) is 9.76. The second-order valence-corrected chi connectivity index (χ2v) is 5.07. The summed E-state index contributed by atoms with van der Waals surface area (Å²) in [7, 11) is 0. The Balaban J connectivity index is 2.21. The normalized spacial score (nSPS) is 21.6. The summed E-state index contributed by atoms with van der Waals surface area (Å²) in [4.78, 5) is 11.6. The molecule has 1 fully saturated rings. The van der Waals surface area contributed by atoms with Gasteiger partial charge in [-0.2, -0.15) is 0 Å². The highest BCUT2D eigenvalue weighted by atomic mass is 79.9. The molecule has 1 aliphatic heterocycles. The number of halogens is 1. The predicted molar refractivity (Wildman–Crippen MR) is 57.4 cm³/mol. The van der Waals surface area contributed by atoms with Crippen LogP contribution in [-0.4, -0.2) is 12.5 Å². The Bertz CT molecular complexity index is 423. The Morgan fingerprint density at radius 2 is 2.14 bits per heavy atom. The van der Waals surface area contributed by atoms with Crippen molar-refractivity contribution in [2.75, 3.05) is 6.54 Å². The molecule has 2 nitrogen and oxygen atoms in total. The molecule has 1 aliphatic carbocycles. The van der Waals surface area contributed by atoms with Crippen LogP contribution in [0.15, 0.2) is 22.7 Å². The molecule has 0 bridgehead atoms. The van der Waals surface area contributed by atoms with Crippen molar-refractivity contribution < 1.29 is 4.79 Å². The van der Waals surface area contributed by atoms with Gasteiger partial charge in [-0.1, -0.05) is 22.0 Å². The van der Waals surface area contributed by atoms with E-state index in [9.17, 15) is 4.79 Å². The summed E-state index contributed by atoms with van der Waals surface area (Å²) in [5.41, 5.74) is 2.37. The van der Waals surface area contributed by atoms with Crippen LogP contribution >= 0.6 is 15.9 Å². The van der Waals surface area contributed by atoms with E-state index in [4.69, 9.17) is 0 Å². The highest BCUT2D eigenvalue weighted by molar-refractivity contribution is 9.10. The van der Waals surface area contributed by atoms with Gasteiger partial charge in [-0.15, -0.1) is 0 Å². The van der Waals surface area contributed by atoms with E-state index < -0.39 is 0 Å². The molecule has 0 atom stereocenters. The van der Waals surface area contributed by atoms with E-state index in [1.165, 1.54) is 18.4 Å². The molecule has 2 aliphatic rings. The number of fused-ring (bicyclic) bond motifs is 2. The van der Waals surface area contributed by atoms with Crippen LogP contribution in [0.4, 0.5) is 0 Å². The van der Waals surface area contributed by atoms with Crippen molar-refractivity contribution in [1.29, 1.82) is 0 Å². The monoisotopic (exact) mass is 251 g/mol. The first-order valence-corrected chi connectivity index (χ1v) is 5.59. The van der Waals surface area contributed by atoms with Crippen molar-refractivity contribution >= 4 is 21.8 Å². The van der Waals surface area contributed by atoms with Crippen molar-refractivity contribution in [3.05, 3.63) is 33.8 Å². The van der Waals surface area contributed by atoms with Crippen molar-refractivity contribution in [3.63, 3.8) is 0 Å². The van der Waals surface area contributed by atoms with Crippen LogP contribution in [0.1, 0.15) is 28.8 Å². The number of carbonyl (C=O) groups is 1. The van der Waals surface area contributed by atoms with Gasteiger partial charge in [0.2, 0.25) is 0 Å². The molecular formula is C11H10BrNO. The summed E-state index contributed by atoms with van der Waals surface area (Å²) in [6, 6.07) is 6.03. The molecule has 0 aromatic heterocycles. The van der Waals surface area contributed by atoms with E-state index in [0.29, 0.717) is 0 Å². The van der Waals surface area contributed by atoms with Gasteiger partial charge in [-0.25, -0.2) is 0 Å². The molecule has 3 heteroatoms. The number of carbonyl (C=O) groups excluding carboxylic acids is 1. The first kappa shape index (κ1) is 8.48. The van der Waals surface area contributed by atoms with Gasteiger partial charge in [0.1, 0.15) is 0 Å². The molecule has 1 spiro atoms. The lowest BCUT2D eigenvalue weighted by Gasteiger charge is -2.25. The minimum atomic E-state index is 0.0684. The maximum Gasteiger partial charge on any atom is 0.251 e. The van der Waals surface area contributed by atoms with Gasteiger partial charge in [-0.05, 0) is 30.5 Å². The molecule has 1 heterocycles. The van der Waals surface area contributed by atoms with Crippen molar-refractivity contribution in [2.24, 2.45) is 0 Å². The summed E-state index contributed by atoms with van der Waals surface area (Å²) >= 11 is 3.40. The lowest BCUT2D eigenvalue weighted by Crippen LogP contribution is -2.39. The third-order valence-electron chi connectivity index (χ3n) is 3.24. The highest BCUT2D eigenvalue weighted by Crippen LogP contribution is 2.50. The predicted octanol–water partition coefficient (Wildman–Crippen LogP) is 2.22. The average molecular weight is 252 g/mol. The number of hydrogen-bond acceptors (Lipinski definition) is 1. The maximum atomic E-state index is 11.6. The molecule has 14 heavy (non-hydrogen) atoms. The van der Waals surface area contributed by atoms with Gasteiger partial charge >= 0.3 is 0 Å². The summed E-state index contributed by atoms with van der Waals surface area (Å²) < 4.78 is 0.976. The van der Waals surface area contributed by atoms with Crippen LogP contribution < -0.4 is 5.32 Å². The fourth-order valence-corrected chi connectivity index (χ4v) is 2.56. The van der Waals surface area contributed by atoms with Gasteiger partial charge in [0.05, 0.1) is 0 Å². The number of nitrogens with one attached hydrogen (secondary N) is 1. The van der Waals surface area contributed by atoms with Crippen LogP contribution in [0, 0.1) is 0 Å². The third kappa shape index (κ3) is 1.05. The van der Waals surface area contributed by atoms with Crippen LogP contribution in [0.5, 0.6) is 0 Å². The fourth-order valence-electron chi connectivity index (χ4n) is 2.20. The Kier molecular flexibility index (Phi) is 1.57. The first-order valence-electron chi connectivity index (χ1n) is 4.80. The van der Waals surface area contributed by atoms with Gasteiger partial charge in [-0.3, -0.25) is 4.79 Å². The van der Waals surface area contributed by atoms with Crippen LogP contribution in [0.25, 0.3) is 0 Å². The second-order valence-electron chi connectivity index (χ2n) is 4.15. The van der Waals surface area contributed by atoms with Crippen LogP contribution in [-0.2, 0) is 5.41 Å². The number of benzene rings is 1. The lowest BCUT2D eigenvalue weighted by molar-refractivity contribution is 0.0937. The molecule has 0 radical (unpaired) electrons. The summed E-state index contributed by atoms with van der Waals surface area (Å²) in [6.45, 7) is 0.820. The standard InChI is InChI=1S/C11H10BrNO/c12-7-1-2-9-8(5-7)10(14)13-6-11(9)3-4-11/h1-2,5H,3-4,6H2,(H,13,14). The number of rotatable bonds is 0. The van der Waals surface area contributed by atoms with Crippen molar-refractivity contribution in [2.45, 2.75) is 18.3 Å². The van der Waals surface area contributed by atoms with E-state index >= 15 is 0 Å². The zero-order valence-electron chi connectivity index (χ0n) is 7.64. The molecule has 1 N–H and O–H groups in total. The van der Waals surface area contributed by atoms with E-state index in [2.05, 4.69) is 27.3 Å². The van der Waals surface area contributed by atoms with E-state index in [1.807, 2.05) is 12.1 Å². The largest absolute Gasteiger partial charge is 0.351 e. The van der Waals surface area contributed by atoms with Crippen LogP contribution in [0.2, 0.25) is 0 Å². The second kappa shape index (κ2) is 2.60. The van der Waals surface area contributed by atoms with E-state index in [1.54, 1.807) is 0 Å². The minimum Gasteiger partial charge on any atom is -0.351 e. The van der Waals surface area contributed by atoms with Gasteiger partial charge < -0.3 is 5.32 Å². The molecule has 1 saturated carbocycles. The molecule has 1 amide bonds. The molecular weight excluding hydrogens is 242 g/mol. The Hall–Kier alpha value is -0.830. The molecule has 0 unspecified atom stereocenters. The van der Waals surface area contributed by atoms with Crippen molar-refractivity contribution in [3.8, 4) is 0 Å². The first-order chi connectivity index (χ1) is 6.71. The average Bonchev–Trinajstić information content (AvgIpc) is 2.93. The SMILES string of the molecule is O=C1NCC2(CC2)c2ccc(Br)cc21. The Morgan fingerprint density at radius 3 is 2.86 bits per heavy atom. The van der Waals surface area contributed by atoms with E-state index in [-0.39, 0.29) is 11.3 Å². The molecule has 1 aromatic carbocycles. The Morgan fingerprint density at radius 1 is 1.36 bits per heavy atom. The van der Waals surface area contributed by atoms with Crippen molar-refractivity contribution in [1.82, 2.24) is 5.32 Å². The van der Waals surface area contributed by atoms with Gasteiger partial charge in [0.15, 0.2) is 0 Å².